The van der Waals surface area contributed by atoms with Crippen LogP contribution >= 0.6 is 0 Å². The molecule has 122 valence electrons. The molecule has 7 heteroatoms. The molecule has 0 aliphatic rings. The number of fused-ring (bicyclic) bond motifs is 1. The molecule has 0 saturated carbocycles. The van der Waals surface area contributed by atoms with E-state index in [1.165, 1.54) is 18.2 Å². The van der Waals surface area contributed by atoms with Crippen LogP contribution in [0.4, 0.5) is 5.69 Å². The van der Waals surface area contributed by atoms with E-state index in [-0.39, 0.29) is 16.1 Å². The van der Waals surface area contributed by atoms with Crippen molar-refractivity contribution in [2.75, 3.05) is 4.72 Å². The number of hydrogen-bond donors (Lipinski definition) is 2. The van der Waals surface area contributed by atoms with Gasteiger partial charge in [-0.1, -0.05) is 24.3 Å². The maximum Gasteiger partial charge on any atom is 0.264 e. The second kappa shape index (κ2) is 5.93. The van der Waals surface area contributed by atoms with Gasteiger partial charge in [-0.05, 0) is 36.8 Å². The molecule has 3 aromatic rings. The first kappa shape index (κ1) is 15.9. The summed E-state index contributed by atoms with van der Waals surface area (Å²) < 4.78 is 28.0. The fourth-order valence-electron chi connectivity index (χ4n) is 2.45. The summed E-state index contributed by atoms with van der Waals surface area (Å²) in [5.74, 6) is -0.708. The lowest BCUT2D eigenvalue weighted by molar-refractivity contribution is 0.100. The van der Waals surface area contributed by atoms with Crippen molar-refractivity contribution in [2.24, 2.45) is 5.73 Å². The maximum absolute atomic E-state index is 12.8. The van der Waals surface area contributed by atoms with Gasteiger partial charge in [-0.2, -0.15) is 0 Å². The minimum absolute atomic E-state index is 0.0410. The van der Waals surface area contributed by atoms with Crippen LogP contribution in [-0.4, -0.2) is 19.3 Å². The van der Waals surface area contributed by atoms with Crippen molar-refractivity contribution in [3.8, 4) is 0 Å². The van der Waals surface area contributed by atoms with Crippen molar-refractivity contribution in [2.45, 2.75) is 11.8 Å². The monoisotopic (exact) mass is 341 g/mol. The number of hydrogen-bond acceptors (Lipinski definition) is 4. The van der Waals surface area contributed by atoms with E-state index >= 15 is 0 Å². The molecule has 3 N–H and O–H groups in total. The number of aromatic nitrogens is 1. The first-order valence-electron chi connectivity index (χ1n) is 7.15. The Bertz CT molecular complexity index is 1050. The minimum Gasteiger partial charge on any atom is -0.366 e. The van der Waals surface area contributed by atoms with Gasteiger partial charge in [0.15, 0.2) is 0 Å². The number of pyridine rings is 1. The summed E-state index contributed by atoms with van der Waals surface area (Å²) in [4.78, 5) is 15.7. The molecule has 0 aliphatic carbocycles. The normalized spacial score (nSPS) is 11.4. The summed E-state index contributed by atoms with van der Waals surface area (Å²) in [6, 6.07) is 13.0. The highest BCUT2D eigenvalue weighted by Crippen LogP contribution is 2.25. The molecular weight excluding hydrogens is 326 g/mol. The molecule has 0 spiro atoms. The SMILES string of the molecule is Cc1cnc2c(S(=O)(=O)Nc3ccccc3C(N)=O)cccc2c1. The third-order valence-electron chi connectivity index (χ3n) is 3.54. The summed E-state index contributed by atoms with van der Waals surface area (Å²) in [6.45, 7) is 1.88. The Morgan fingerprint density at radius 1 is 1.12 bits per heavy atom. The van der Waals surface area contributed by atoms with E-state index in [0.29, 0.717) is 5.52 Å². The Labute approximate surface area is 139 Å². The van der Waals surface area contributed by atoms with E-state index in [2.05, 4.69) is 9.71 Å². The van der Waals surface area contributed by atoms with Gasteiger partial charge in [0.2, 0.25) is 0 Å². The van der Waals surface area contributed by atoms with Crippen LogP contribution in [0.5, 0.6) is 0 Å². The zero-order valence-corrected chi connectivity index (χ0v) is 13.7. The molecule has 0 unspecified atom stereocenters. The number of rotatable bonds is 4. The van der Waals surface area contributed by atoms with E-state index in [4.69, 9.17) is 5.73 Å². The Morgan fingerprint density at radius 3 is 2.62 bits per heavy atom. The van der Waals surface area contributed by atoms with Gasteiger partial charge in [0.25, 0.3) is 15.9 Å². The predicted molar refractivity (Wildman–Crippen MR) is 92.2 cm³/mol. The van der Waals surface area contributed by atoms with Gasteiger partial charge in [-0.3, -0.25) is 14.5 Å². The zero-order chi connectivity index (χ0) is 17.3. The van der Waals surface area contributed by atoms with Crippen molar-refractivity contribution in [3.05, 3.63) is 65.9 Å². The molecule has 0 bridgehead atoms. The first-order chi connectivity index (χ1) is 11.4. The maximum atomic E-state index is 12.8. The lowest BCUT2D eigenvalue weighted by Crippen LogP contribution is -2.19. The second-order valence-corrected chi connectivity index (χ2v) is 7.01. The van der Waals surface area contributed by atoms with Crippen molar-refractivity contribution < 1.29 is 13.2 Å². The van der Waals surface area contributed by atoms with Gasteiger partial charge in [0.1, 0.15) is 4.90 Å². The van der Waals surface area contributed by atoms with E-state index in [9.17, 15) is 13.2 Å². The number of anilines is 1. The van der Waals surface area contributed by atoms with Crippen LogP contribution in [0.1, 0.15) is 15.9 Å². The highest BCUT2D eigenvalue weighted by Gasteiger charge is 2.20. The van der Waals surface area contributed by atoms with Crippen molar-refractivity contribution in [3.63, 3.8) is 0 Å². The topological polar surface area (TPSA) is 102 Å². The molecule has 6 nitrogen and oxygen atoms in total. The Kier molecular flexibility index (Phi) is 3.94. The summed E-state index contributed by atoms with van der Waals surface area (Å²) >= 11 is 0. The molecule has 1 heterocycles. The first-order valence-corrected chi connectivity index (χ1v) is 8.64. The second-order valence-electron chi connectivity index (χ2n) is 5.36. The molecule has 0 fully saturated rings. The molecule has 2 aromatic carbocycles. The smallest absolute Gasteiger partial charge is 0.264 e. The van der Waals surface area contributed by atoms with E-state index in [1.807, 2.05) is 13.0 Å². The van der Waals surface area contributed by atoms with Gasteiger partial charge in [-0.25, -0.2) is 8.42 Å². The zero-order valence-electron chi connectivity index (χ0n) is 12.9. The van der Waals surface area contributed by atoms with E-state index < -0.39 is 15.9 Å². The van der Waals surface area contributed by atoms with Crippen LogP contribution in [-0.2, 0) is 10.0 Å². The average Bonchev–Trinajstić information content (AvgIpc) is 2.54. The van der Waals surface area contributed by atoms with E-state index in [1.54, 1.807) is 30.5 Å². The number of nitrogens with two attached hydrogens (primary N) is 1. The Balaban J connectivity index is 2.11. The van der Waals surface area contributed by atoms with Crippen LogP contribution in [0.3, 0.4) is 0 Å². The Morgan fingerprint density at radius 2 is 1.88 bits per heavy atom. The quantitative estimate of drug-likeness (QED) is 0.761. The summed E-state index contributed by atoms with van der Waals surface area (Å²) in [7, 11) is -3.93. The predicted octanol–water partition coefficient (Wildman–Crippen LogP) is 2.44. The largest absolute Gasteiger partial charge is 0.366 e. The average molecular weight is 341 g/mol. The number of carbonyl (C=O) groups is 1. The molecule has 24 heavy (non-hydrogen) atoms. The number of nitrogens with one attached hydrogen (secondary N) is 1. The molecule has 3 rings (SSSR count). The van der Waals surface area contributed by atoms with Gasteiger partial charge in [0.05, 0.1) is 16.8 Å². The molecule has 1 amide bonds. The molecule has 0 radical (unpaired) electrons. The lowest BCUT2D eigenvalue weighted by atomic mass is 10.2. The molecule has 0 saturated heterocycles. The highest BCUT2D eigenvalue weighted by atomic mass is 32.2. The van der Waals surface area contributed by atoms with Crippen molar-refractivity contribution >= 4 is 32.5 Å². The fourth-order valence-corrected chi connectivity index (χ4v) is 3.71. The van der Waals surface area contributed by atoms with Crippen LogP contribution in [0.25, 0.3) is 10.9 Å². The number of aryl methyl sites for hydroxylation is 1. The molecular formula is C17H15N3O3S. The number of amides is 1. The number of benzene rings is 2. The van der Waals surface area contributed by atoms with Gasteiger partial charge in [0, 0.05) is 11.6 Å². The summed E-state index contributed by atoms with van der Waals surface area (Å²) in [6.07, 6.45) is 1.61. The van der Waals surface area contributed by atoms with Crippen molar-refractivity contribution in [1.82, 2.24) is 4.98 Å². The van der Waals surface area contributed by atoms with Gasteiger partial charge < -0.3 is 5.73 Å². The molecule has 1 aromatic heterocycles. The number of para-hydroxylation sites is 2. The minimum atomic E-state index is -3.93. The fraction of sp³-hybridized carbons (Fsp3) is 0.0588. The standard InChI is InChI=1S/C17H15N3O3S/c1-11-9-12-5-4-8-15(16(12)19-10-11)24(22,23)20-14-7-3-2-6-13(14)17(18)21/h2-10,20H,1H3,(H2,18,21). The highest BCUT2D eigenvalue weighted by molar-refractivity contribution is 7.93. The Hall–Kier alpha value is -2.93. The third-order valence-corrected chi connectivity index (χ3v) is 4.93. The number of primary amides is 1. The molecule has 0 atom stereocenters. The number of carbonyl (C=O) groups excluding carboxylic acids is 1. The van der Waals surface area contributed by atoms with Crippen molar-refractivity contribution in [1.29, 1.82) is 0 Å². The molecule has 0 aliphatic heterocycles. The van der Waals surface area contributed by atoms with Gasteiger partial charge >= 0.3 is 0 Å². The van der Waals surface area contributed by atoms with Gasteiger partial charge in [-0.15, -0.1) is 0 Å². The van der Waals surface area contributed by atoms with Crippen LogP contribution in [0.2, 0.25) is 0 Å². The van der Waals surface area contributed by atoms with E-state index in [0.717, 1.165) is 10.9 Å². The van der Waals surface area contributed by atoms with Crippen LogP contribution in [0, 0.1) is 6.92 Å². The number of nitrogens with zero attached hydrogens (tertiary/aromatic N) is 1. The third kappa shape index (κ3) is 2.93. The summed E-state index contributed by atoms with van der Waals surface area (Å²) in [5, 5.41) is 0.723. The summed E-state index contributed by atoms with van der Waals surface area (Å²) in [5.41, 5.74) is 6.83. The van der Waals surface area contributed by atoms with Crippen LogP contribution in [0.15, 0.2) is 59.6 Å². The van der Waals surface area contributed by atoms with Crippen LogP contribution < -0.4 is 10.5 Å². The lowest BCUT2D eigenvalue weighted by Gasteiger charge is -2.12. The number of sulfonamides is 1.